The van der Waals surface area contributed by atoms with E-state index in [1.54, 1.807) is 42.5 Å². The fourth-order valence-corrected chi connectivity index (χ4v) is 4.51. The van der Waals surface area contributed by atoms with Crippen molar-refractivity contribution in [2.75, 3.05) is 18.1 Å². The summed E-state index contributed by atoms with van der Waals surface area (Å²) >= 11 is 0. The number of hydrogen-bond acceptors (Lipinski definition) is 5. The summed E-state index contributed by atoms with van der Waals surface area (Å²) in [4.78, 5) is 28.1. The van der Waals surface area contributed by atoms with E-state index < -0.39 is 17.7 Å². The average molecular weight is 500 g/mol. The SMILES string of the molecule is CCCCCOc1ccc(/C(O)=C2\C(=O)C(=O)N(c3cccc(C)c3)C2c2ccc(OCC)cc2)cc1. The molecule has 0 spiro atoms. The lowest BCUT2D eigenvalue weighted by Crippen LogP contribution is -2.29. The van der Waals surface area contributed by atoms with Gasteiger partial charge in [0.1, 0.15) is 17.3 Å². The van der Waals surface area contributed by atoms with Gasteiger partial charge >= 0.3 is 0 Å². The number of benzene rings is 3. The maximum Gasteiger partial charge on any atom is 0.300 e. The Morgan fingerprint density at radius 3 is 2.22 bits per heavy atom. The number of Topliss-reactive ketones (excluding diaryl/α,β-unsaturated/α-hetero) is 1. The number of carbonyl (C=O) groups is 2. The minimum absolute atomic E-state index is 0.0484. The van der Waals surface area contributed by atoms with Crippen LogP contribution in [0.4, 0.5) is 5.69 Å². The highest BCUT2D eigenvalue weighted by atomic mass is 16.5. The quantitative estimate of drug-likeness (QED) is 0.147. The third kappa shape index (κ3) is 5.69. The van der Waals surface area contributed by atoms with Gasteiger partial charge in [0.05, 0.1) is 24.8 Å². The lowest BCUT2D eigenvalue weighted by Gasteiger charge is -2.26. The van der Waals surface area contributed by atoms with E-state index in [0.29, 0.717) is 41.5 Å². The molecule has 1 heterocycles. The predicted molar refractivity (Wildman–Crippen MR) is 145 cm³/mol. The predicted octanol–water partition coefficient (Wildman–Crippen LogP) is 6.59. The summed E-state index contributed by atoms with van der Waals surface area (Å²) < 4.78 is 11.3. The first-order valence-corrected chi connectivity index (χ1v) is 12.8. The fraction of sp³-hybridized carbons (Fsp3) is 0.290. The Bertz CT molecular complexity index is 1280. The first-order chi connectivity index (χ1) is 17.9. The van der Waals surface area contributed by atoms with Crippen LogP contribution in [0.1, 0.15) is 55.8 Å². The molecule has 4 rings (SSSR count). The molecule has 6 heteroatoms. The number of ketones is 1. The minimum atomic E-state index is -0.789. The van der Waals surface area contributed by atoms with Crippen LogP contribution in [0.3, 0.4) is 0 Å². The highest BCUT2D eigenvalue weighted by Crippen LogP contribution is 2.42. The van der Waals surface area contributed by atoms with Crippen LogP contribution in [0.25, 0.3) is 5.76 Å². The van der Waals surface area contributed by atoms with Crippen molar-refractivity contribution in [3.8, 4) is 11.5 Å². The van der Waals surface area contributed by atoms with Crippen molar-refractivity contribution >= 4 is 23.1 Å². The number of hydrogen-bond donors (Lipinski definition) is 1. The molecule has 0 bridgehead atoms. The molecule has 1 unspecified atom stereocenters. The molecular formula is C31H33NO5. The van der Waals surface area contributed by atoms with Gasteiger partial charge in [-0.3, -0.25) is 14.5 Å². The molecule has 0 radical (unpaired) electrons. The standard InChI is InChI=1S/C31H33NO5/c1-4-6-7-19-37-26-17-13-23(14-18-26)29(33)27-28(22-11-15-25(16-12-22)36-5-2)32(31(35)30(27)34)24-10-8-9-21(3)20-24/h8-18,20,28,33H,4-7,19H2,1-3H3/b29-27+. The molecule has 0 aliphatic carbocycles. The number of unbranched alkanes of at least 4 members (excludes halogenated alkanes) is 2. The van der Waals surface area contributed by atoms with Crippen LogP contribution in [0, 0.1) is 6.92 Å². The van der Waals surface area contributed by atoms with Gasteiger partial charge in [0.25, 0.3) is 11.7 Å². The minimum Gasteiger partial charge on any atom is -0.507 e. The number of amides is 1. The fourth-order valence-electron chi connectivity index (χ4n) is 4.51. The van der Waals surface area contributed by atoms with E-state index in [0.717, 1.165) is 24.8 Å². The van der Waals surface area contributed by atoms with Crippen molar-refractivity contribution in [3.63, 3.8) is 0 Å². The van der Waals surface area contributed by atoms with Gasteiger partial charge in [0, 0.05) is 11.3 Å². The van der Waals surface area contributed by atoms with Gasteiger partial charge in [-0.05, 0) is 79.9 Å². The van der Waals surface area contributed by atoms with Crippen molar-refractivity contribution in [2.45, 2.75) is 46.1 Å². The summed E-state index contributed by atoms with van der Waals surface area (Å²) in [5.74, 6) is -0.242. The van der Waals surface area contributed by atoms with Crippen LogP contribution < -0.4 is 14.4 Å². The number of rotatable bonds is 10. The van der Waals surface area contributed by atoms with Gasteiger partial charge < -0.3 is 14.6 Å². The van der Waals surface area contributed by atoms with Crippen molar-refractivity contribution < 1.29 is 24.2 Å². The maximum absolute atomic E-state index is 13.4. The van der Waals surface area contributed by atoms with E-state index in [4.69, 9.17) is 9.47 Å². The Labute approximate surface area is 218 Å². The van der Waals surface area contributed by atoms with Crippen molar-refractivity contribution in [2.24, 2.45) is 0 Å². The summed E-state index contributed by atoms with van der Waals surface area (Å²) in [6.07, 6.45) is 3.19. The number of anilines is 1. The molecule has 1 fully saturated rings. The largest absolute Gasteiger partial charge is 0.507 e. The zero-order chi connectivity index (χ0) is 26.4. The number of aliphatic hydroxyl groups excluding tert-OH is 1. The maximum atomic E-state index is 13.4. The van der Waals surface area contributed by atoms with Gasteiger partial charge in [0.2, 0.25) is 0 Å². The summed E-state index contributed by atoms with van der Waals surface area (Å²) in [7, 11) is 0. The van der Waals surface area contributed by atoms with Crippen molar-refractivity contribution in [1.82, 2.24) is 0 Å². The van der Waals surface area contributed by atoms with Crippen LogP contribution in [0.2, 0.25) is 0 Å². The van der Waals surface area contributed by atoms with Gasteiger partial charge in [0.15, 0.2) is 0 Å². The third-order valence-corrected chi connectivity index (χ3v) is 6.38. The van der Waals surface area contributed by atoms with Crippen LogP contribution in [-0.2, 0) is 9.59 Å². The van der Waals surface area contributed by atoms with Crippen LogP contribution in [-0.4, -0.2) is 30.0 Å². The molecule has 37 heavy (non-hydrogen) atoms. The second-order valence-corrected chi connectivity index (χ2v) is 9.09. The zero-order valence-electron chi connectivity index (χ0n) is 21.6. The summed E-state index contributed by atoms with van der Waals surface area (Å²) in [5.41, 5.74) is 2.74. The molecule has 0 saturated carbocycles. The lowest BCUT2D eigenvalue weighted by atomic mass is 9.95. The summed E-state index contributed by atoms with van der Waals surface area (Å²) in [6, 6.07) is 20.8. The molecule has 3 aromatic carbocycles. The molecular weight excluding hydrogens is 466 g/mol. The number of ether oxygens (including phenoxy) is 2. The molecule has 192 valence electrons. The van der Waals surface area contributed by atoms with E-state index in [9.17, 15) is 14.7 Å². The Balaban J connectivity index is 1.75. The van der Waals surface area contributed by atoms with E-state index in [2.05, 4.69) is 6.92 Å². The highest BCUT2D eigenvalue weighted by molar-refractivity contribution is 6.51. The molecule has 3 aromatic rings. The van der Waals surface area contributed by atoms with Crippen molar-refractivity contribution in [3.05, 3.63) is 95.1 Å². The third-order valence-electron chi connectivity index (χ3n) is 6.38. The van der Waals surface area contributed by atoms with Crippen LogP contribution >= 0.6 is 0 Å². The van der Waals surface area contributed by atoms with E-state index in [-0.39, 0.29) is 11.3 Å². The van der Waals surface area contributed by atoms with E-state index in [1.165, 1.54) is 4.90 Å². The lowest BCUT2D eigenvalue weighted by molar-refractivity contribution is -0.132. The first-order valence-electron chi connectivity index (χ1n) is 12.8. The average Bonchev–Trinajstić information content (AvgIpc) is 3.17. The second kappa shape index (κ2) is 11.8. The molecule has 6 nitrogen and oxygen atoms in total. The Hall–Kier alpha value is -4.06. The normalized spacial score (nSPS) is 16.7. The molecule has 1 amide bonds. The number of carbonyl (C=O) groups excluding carboxylic acids is 2. The van der Waals surface area contributed by atoms with Crippen LogP contribution in [0.5, 0.6) is 11.5 Å². The van der Waals surface area contributed by atoms with E-state index >= 15 is 0 Å². The summed E-state index contributed by atoms with van der Waals surface area (Å²) in [5, 5.41) is 11.3. The Kier molecular flexibility index (Phi) is 8.29. The molecule has 1 atom stereocenters. The topological polar surface area (TPSA) is 76.1 Å². The monoisotopic (exact) mass is 499 g/mol. The van der Waals surface area contributed by atoms with Gasteiger partial charge in [-0.25, -0.2) is 0 Å². The molecule has 0 aromatic heterocycles. The van der Waals surface area contributed by atoms with Crippen molar-refractivity contribution in [1.29, 1.82) is 0 Å². The summed E-state index contributed by atoms with van der Waals surface area (Å²) in [6.45, 7) is 7.12. The molecule has 1 aliphatic heterocycles. The van der Waals surface area contributed by atoms with Crippen LogP contribution in [0.15, 0.2) is 78.4 Å². The number of aliphatic hydroxyl groups is 1. The Morgan fingerprint density at radius 1 is 0.892 bits per heavy atom. The van der Waals surface area contributed by atoms with E-state index in [1.807, 2.05) is 44.2 Å². The second-order valence-electron chi connectivity index (χ2n) is 9.09. The number of aryl methyl sites for hydroxylation is 1. The molecule has 1 aliphatic rings. The smallest absolute Gasteiger partial charge is 0.300 e. The zero-order valence-corrected chi connectivity index (χ0v) is 21.6. The number of nitrogens with zero attached hydrogens (tertiary/aromatic N) is 1. The van der Waals surface area contributed by atoms with Gasteiger partial charge in [-0.1, -0.05) is 44.0 Å². The van der Waals surface area contributed by atoms with Gasteiger partial charge in [-0.2, -0.15) is 0 Å². The molecule has 1 saturated heterocycles. The Morgan fingerprint density at radius 2 is 1.57 bits per heavy atom. The molecule has 1 N–H and O–H groups in total. The first kappa shape index (κ1) is 26.0. The van der Waals surface area contributed by atoms with Gasteiger partial charge in [-0.15, -0.1) is 0 Å². The highest BCUT2D eigenvalue weighted by Gasteiger charge is 2.47.